The molecule has 15 heavy (non-hydrogen) atoms. The molecule has 0 saturated carbocycles. The Labute approximate surface area is 106 Å². The average molecular weight is 278 g/mol. The lowest BCUT2D eigenvalue weighted by Gasteiger charge is -2.07. The van der Waals surface area contributed by atoms with Crippen LogP contribution in [0.5, 0.6) is 0 Å². The summed E-state index contributed by atoms with van der Waals surface area (Å²) in [6.07, 6.45) is 0. The van der Waals surface area contributed by atoms with Crippen molar-refractivity contribution >= 4 is 45.9 Å². The first-order chi connectivity index (χ1) is 7.08. The molecule has 1 unspecified atom stereocenters. The molecular formula is C10H9Cl2NS2. The topological polar surface area (TPSA) is 26.0 Å². The Hall–Kier alpha value is -0.0600. The van der Waals surface area contributed by atoms with Gasteiger partial charge in [-0.25, -0.2) is 0 Å². The van der Waals surface area contributed by atoms with Gasteiger partial charge in [0.15, 0.2) is 0 Å². The third-order valence-electron chi connectivity index (χ3n) is 2.09. The highest BCUT2D eigenvalue weighted by Gasteiger charge is 2.16. The van der Waals surface area contributed by atoms with E-state index in [0.29, 0.717) is 8.67 Å². The first-order valence-electron chi connectivity index (χ1n) is 4.34. The molecule has 2 aromatic rings. The number of nitrogens with two attached hydrogens (primary N) is 1. The third-order valence-corrected chi connectivity index (χ3v) is 4.69. The minimum absolute atomic E-state index is 0.167. The smallest absolute Gasteiger partial charge is 0.0995 e. The predicted octanol–water partition coefficient (Wildman–Crippen LogP) is 4.47. The van der Waals surface area contributed by atoms with Crippen molar-refractivity contribution < 1.29 is 0 Å². The van der Waals surface area contributed by atoms with E-state index >= 15 is 0 Å². The zero-order chi connectivity index (χ0) is 11.0. The maximum absolute atomic E-state index is 6.12. The third kappa shape index (κ3) is 2.37. The first kappa shape index (κ1) is 11.4. The molecule has 2 rings (SSSR count). The minimum Gasteiger partial charge on any atom is -0.320 e. The van der Waals surface area contributed by atoms with E-state index in [4.69, 9.17) is 28.9 Å². The molecule has 1 atom stereocenters. The number of hydrogen-bond acceptors (Lipinski definition) is 3. The number of aryl methyl sites for hydroxylation is 1. The second-order valence-corrected chi connectivity index (χ2v) is 6.81. The monoisotopic (exact) mass is 277 g/mol. The van der Waals surface area contributed by atoms with Crippen molar-refractivity contribution in [2.24, 2.45) is 5.73 Å². The molecule has 0 aliphatic rings. The summed E-state index contributed by atoms with van der Waals surface area (Å²) in [5.74, 6) is 0. The van der Waals surface area contributed by atoms with Crippen LogP contribution in [0.3, 0.4) is 0 Å². The Morgan fingerprint density at radius 2 is 2.00 bits per heavy atom. The van der Waals surface area contributed by atoms with Crippen LogP contribution in [0.1, 0.15) is 21.4 Å². The summed E-state index contributed by atoms with van der Waals surface area (Å²) < 4.78 is 1.36. The Morgan fingerprint density at radius 3 is 2.47 bits per heavy atom. The molecule has 0 fully saturated rings. The highest BCUT2D eigenvalue weighted by Crippen LogP contribution is 2.37. The highest BCUT2D eigenvalue weighted by molar-refractivity contribution is 7.20. The van der Waals surface area contributed by atoms with Crippen LogP contribution < -0.4 is 5.73 Å². The molecule has 2 aromatic heterocycles. The molecule has 0 aromatic carbocycles. The summed E-state index contributed by atoms with van der Waals surface area (Å²) in [6, 6.07) is 5.77. The highest BCUT2D eigenvalue weighted by atomic mass is 35.5. The van der Waals surface area contributed by atoms with Crippen molar-refractivity contribution in [3.05, 3.63) is 42.2 Å². The maximum atomic E-state index is 6.12. The van der Waals surface area contributed by atoms with E-state index in [1.54, 1.807) is 11.3 Å². The van der Waals surface area contributed by atoms with Gasteiger partial charge in [-0.3, -0.25) is 0 Å². The molecule has 0 radical (unpaired) electrons. The van der Waals surface area contributed by atoms with E-state index in [-0.39, 0.29) is 6.04 Å². The van der Waals surface area contributed by atoms with Crippen LogP contribution in [-0.2, 0) is 0 Å². The fourth-order valence-electron chi connectivity index (χ4n) is 1.34. The molecule has 0 saturated heterocycles. The van der Waals surface area contributed by atoms with E-state index in [1.165, 1.54) is 16.2 Å². The van der Waals surface area contributed by atoms with Gasteiger partial charge in [-0.2, -0.15) is 0 Å². The molecule has 0 spiro atoms. The van der Waals surface area contributed by atoms with Gasteiger partial charge in [0.1, 0.15) is 0 Å². The molecule has 2 heterocycles. The van der Waals surface area contributed by atoms with Gasteiger partial charge in [-0.1, -0.05) is 23.2 Å². The molecular weight excluding hydrogens is 269 g/mol. The van der Waals surface area contributed by atoms with E-state index in [9.17, 15) is 0 Å². The average Bonchev–Trinajstić information content (AvgIpc) is 2.71. The second kappa shape index (κ2) is 4.44. The van der Waals surface area contributed by atoms with Crippen LogP contribution in [0.2, 0.25) is 8.67 Å². The van der Waals surface area contributed by atoms with E-state index in [2.05, 4.69) is 13.0 Å². The van der Waals surface area contributed by atoms with E-state index in [0.717, 1.165) is 10.4 Å². The van der Waals surface area contributed by atoms with Crippen molar-refractivity contribution in [3.8, 4) is 0 Å². The predicted molar refractivity (Wildman–Crippen MR) is 69.4 cm³/mol. The number of thiophene rings is 2. The fourth-order valence-corrected chi connectivity index (χ4v) is 3.79. The van der Waals surface area contributed by atoms with Gasteiger partial charge in [0.2, 0.25) is 0 Å². The molecule has 2 N–H and O–H groups in total. The zero-order valence-corrected chi connectivity index (χ0v) is 11.1. The van der Waals surface area contributed by atoms with Crippen LogP contribution >= 0.6 is 45.9 Å². The lowest BCUT2D eigenvalue weighted by atomic mass is 10.1. The van der Waals surface area contributed by atoms with Gasteiger partial charge >= 0.3 is 0 Å². The Balaban J connectivity index is 2.35. The van der Waals surface area contributed by atoms with Crippen LogP contribution in [-0.4, -0.2) is 0 Å². The minimum atomic E-state index is -0.167. The SMILES string of the molecule is Cc1ccc(C(N)c2cc(Cl)sc2Cl)s1. The summed E-state index contributed by atoms with van der Waals surface area (Å²) in [5, 5.41) is 0. The first-order valence-corrected chi connectivity index (χ1v) is 6.73. The number of hydrogen-bond donors (Lipinski definition) is 1. The van der Waals surface area contributed by atoms with Gasteiger partial charge in [-0.05, 0) is 25.1 Å². The summed E-state index contributed by atoms with van der Waals surface area (Å²) in [5.41, 5.74) is 7.03. The Kier molecular flexibility index (Phi) is 3.38. The van der Waals surface area contributed by atoms with Crippen LogP contribution in [0.15, 0.2) is 18.2 Å². The van der Waals surface area contributed by atoms with E-state index in [1.807, 2.05) is 12.1 Å². The zero-order valence-electron chi connectivity index (χ0n) is 7.96. The summed E-state index contributed by atoms with van der Waals surface area (Å²) in [4.78, 5) is 2.36. The lowest BCUT2D eigenvalue weighted by Crippen LogP contribution is -2.09. The standard InChI is InChI=1S/C10H9Cl2NS2/c1-5-2-3-7(14-5)9(13)6-4-8(11)15-10(6)12/h2-4,9H,13H2,1H3. The molecule has 5 heteroatoms. The molecule has 80 valence electrons. The Morgan fingerprint density at radius 1 is 1.27 bits per heavy atom. The largest absolute Gasteiger partial charge is 0.320 e. The molecule has 1 nitrogen and oxygen atoms in total. The summed E-state index contributed by atoms with van der Waals surface area (Å²) in [6.45, 7) is 2.06. The van der Waals surface area contributed by atoms with Crippen molar-refractivity contribution in [1.82, 2.24) is 0 Å². The number of halogens is 2. The van der Waals surface area contributed by atoms with Gasteiger partial charge in [0.05, 0.1) is 14.7 Å². The molecule has 0 bridgehead atoms. The fraction of sp³-hybridized carbons (Fsp3) is 0.200. The van der Waals surface area contributed by atoms with Crippen molar-refractivity contribution in [1.29, 1.82) is 0 Å². The second-order valence-electron chi connectivity index (χ2n) is 3.21. The van der Waals surface area contributed by atoms with Gasteiger partial charge in [-0.15, -0.1) is 22.7 Å². The van der Waals surface area contributed by atoms with Crippen molar-refractivity contribution in [2.45, 2.75) is 13.0 Å². The lowest BCUT2D eigenvalue weighted by molar-refractivity contribution is 0.900. The molecule has 0 aliphatic carbocycles. The summed E-state index contributed by atoms with van der Waals surface area (Å²) >= 11 is 15.0. The van der Waals surface area contributed by atoms with Crippen molar-refractivity contribution in [3.63, 3.8) is 0 Å². The van der Waals surface area contributed by atoms with Gasteiger partial charge in [0.25, 0.3) is 0 Å². The van der Waals surface area contributed by atoms with Crippen LogP contribution in [0.4, 0.5) is 0 Å². The van der Waals surface area contributed by atoms with Gasteiger partial charge < -0.3 is 5.73 Å². The van der Waals surface area contributed by atoms with Gasteiger partial charge in [0, 0.05) is 15.3 Å². The van der Waals surface area contributed by atoms with Crippen molar-refractivity contribution in [2.75, 3.05) is 0 Å². The van der Waals surface area contributed by atoms with Crippen LogP contribution in [0.25, 0.3) is 0 Å². The normalized spacial score (nSPS) is 13.1. The number of rotatable bonds is 2. The maximum Gasteiger partial charge on any atom is 0.0995 e. The molecule has 0 aliphatic heterocycles. The summed E-state index contributed by atoms with van der Waals surface area (Å²) in [7, 11) is 0. The van der Waals surface area contributed by atoms with E-state index < -0.39 is 0 Å². The molecule has 0 amide bonds. The Bertz CT molecular complexity index is 475. The quantitative estimate of drug-likeness (QED) is 0.861. The van der Waals surface area contributed by atoms with Crippen LogP contribution in [0, 0.1) is 6.92 Å².